The van der Waals surface area contributed by atoms with Crippen molar-refractivity contribution in [3.05, 3.63) is 53.6 Å². The van der Waals surface area contributed by atoms with Crippen LogP contribution in [0.2, 0.25) is 0 Å². The van der Waals surface area contributed by atoms with Crippen LogP contribution in [-0.2, 0) is 0 Å². The molecule has 2 rings (SSSR count). The van der Waals surface area contributed by atoms with Gasteiger partial charge in [-0.05, 0) is 29.8 Å². The molecule has 0 radical (unpaired) electrons. The van der Waals surface area contributed by atoms with Gasteiger partial charge in [-0.15, -0.1) is 0 Å². The number of nitrogens with two attached hydrogens (primary N) is 1. The van der Waals surface area contributed by atoms with Gasteiger partial charge < -0.3 is 10.8 Å². The molecule has 3 N–H and O–H groups in total. The summed E-state index contributed by atoms with van der Waals surface area (Å²) in [5.74, 6) is -2.95. The molecular formula is C13H9F2NO2. The number of nitrogen functional groups attached to an aromatic ring is 1. The highest BCUT2D eigenvalue weighted by Crippen LogP contribution is 2.28. The molecule has 0 saturated carbocycles. The molecule has 0 bridgehead atoms. The number of hydrogen-bond acceptors (Lipinski definition) is 2. The topological polar surface area (TPSA) is 63.3 Å². The second-order valence-corrected chi connectivity index (χ2v) is 3.71. The average Bonchev–Trinajstić information content (AvgIpc) is 2.28. The van der Waals surface area contributed by atoms with Crippen molar-refractivity contribution in [1.29, 1.82) is 0 Å². The number of carboxylic acids is 1. The van der Waals surface area contributed by atoms with E-state index in [0.29, 0.717) is 0 Å². The van der Waals surface area contributed by atoms with Crippen LogP contribution in [-0.4, -0.2) is 11.1 Å². The molecule has 0 unspecified atom stereocenters. The minimum atomic E-state index is -1.46. The average molecular weight is 249 g/mol. The van der Waals surface area contributed by atoms with Gasteiger partial charge >= 0.3 is 5.97 Å². The second-order valence-electron chi connectivity index (χ2n) is 3.71. The summed E-state index contributed by atoms with van der Waals surface area (Å²) in [4.78, 5) is 10.9. The fourth-order valence-electron chi connectivity index (χ4n) is 1.69. The lowest BCUT2D eigenvalue weighted by Gasteiger charge is -2.08. The maximum Gasteiger partial charge on any atom is 0.340 e. The number of hydrogen-bond donors (Lipinski definition) is 2. The summed E-state index contributed by atoms with van der Waals surface area (Å²) in [6.45, 7) is 0. The van der Waals surface area contributed by atoms with Gasteiger partial charge in [0.1, 0.15) is 17.2 Å². The lowest BCUT2D eigenvalue weighted by molar-refractivity contribution is 0.0693. The Morgan fingerprint density at radius 3 is 2.50 bits per heavy atom. The minimum Gasteiger partial charge on any atom is -0.478 e. The second kappa shape index (κ2) is 4.44. The Morgan fingerprint density at radius 2 is 1.89 bits per heavy atom. The van der Waals surface area contributed by atoms with Gasteiger partial charge in [-0.25, -0.2) is 13.6 Å². The van der Waals surface area contributed by atoms with E-state index < -0.39 is 23.2 Å². The monoisotopic (exact) mass is 249 g/mol. The molecule has 0 aliphatic heterocycles. The molecule has 0 fully saturated rings. The van der Waals surface area contributed by atoms with E-state index in [-0.39, 0.29) is 16.8 Å². The zero-order chi connectivity index (χ0) is 13.3. The van der Waals surface area contributed by atoms with Crippen LogP contribution < -0.4 is 5.73 Å². The summed E-state index contributed by atoms with van der Waals surface area (Å²) < 4.78 is 27.1. The lowest BCUT2D eigenvalue weighted by Crippen LogP contribution is -2.07. The van der Waals surface area contributed by atoms with Crippen molar-refractivity contribution in [2.24, 2.45) is 0 Å². The predicted octanol–water partition coefficient (Wildman–Crippen LogP) is 2.91. The van der Waals surface area contributed by atoms with Crippen molar-refractivity contribution in [3.8, 4) is 11.1 Å². The number of anilines is 1. The Hall–Kier alpha value is -2.43. The molecule has 0 aliphatic rings. The smallest absolute Gasteiger partial charge is 0.340 e. The van der Waals surface area contributed by atoms with Crippen molar-refractivity contribution in [3.63, 3.8) is 0 Å². The van der Waals surface area contributed by atoms with E-state index in [9.17, 15) is 13.6 Å². The van der Waals surface area contributed by atoms with Crippen LogP contribution >= 0.6 is 0 Å². The van der Waals surface area contributed by atoms with Crippen LogP contribution in [0.15, 0.2) is 36.4 Å². The van der Waals surface area contributed by atoms with E-state index in [2.05, 4.69) is 0 Å². The van der Waals surface area contributed by atoms with Crippen LogP contribution in [0.3, 0.4) is 0 Å². The third-order valence-corrected chi connectivity index (χ3v) is 2.52. The highest BCUT2D eigenvalue weighted by atomic mass is 19.1. The molecule has 2 aromatic carbocycles. The van der Waals surface area contributed by atoms with Gasteiger partial charge in [-0.2, -0.15) is 0 Å². The van der Waals surface area contributed by atoms with Crippen LogP contribution in [0, 0.1) is 11.6 Å². The Balaban J connectivity index is 2.67. The minimum absolute atomic E-state index is 0.00102. The third-order valence-electron chi connectivity index (χ3n) is 2.52. The zero-order valence-corrected chi connectivity index (χ0v) is 9.15. The Labute approximate surface area is 101 Å². The maximum atomic E-state index is 14.0. The molecule has 0 aliphatic carbocycles. The largest absolute Gasteiger partial charge is 0.478 e. The summed E-state index contributed by atoms with van der Waals surface area (Å²) in [6, 6.07) is 7.86. The number of carbonyl (C=O) groups is 1. The van der Waals surface area contributed by atoms with E-state index >= 15 is 0 Å². The molecule has 92 valence electrons. The standard InChI is InChI=1S/C13H9F2NO2/c14-8-3-1-2-7(6-8)9-4-5-10(16)11(12(9)15)13(17)18/h1-6H,16H2,(H,17,18). The number of aromatic carboxylic acids is 1. The molecule has 0 amide bonds. The van der Waals surface area contributed by atoms with Crippen LogP contribution in [0.4, 0.5) is 14.5 Å². The highest BCUT2D eigenvalue weighted by Gasteiger charge is 2.18. The zero-order valence-electron chi connectivity index (χ0n) is 9.15. The quantitative estimate of drug-likeness (QED) is 0.804. The maximum absolute atomic E-state index is 14.0. The van der Waals surface area contributed by atoms with Gasteiger partial charge in [0.25, 0.3) is 0 Å². The van der Waals surface area contributed by atoms with Gasteiger partial charge in [-0.1, -0.05) is 12.1 Å². The third kappa shape index (κ3) is 2.02. The summed E-state index contributed by atoms with van der Waals surface area (Å²) in [7, 11) is 0. The predicted molar refractivity (Wildman–Crippen MR) is 63.2 cm³/mol. The molecule has 0 aromatic heterocycles. The molecule has 5 heteroatoms. The van der Waals surface area contributed by atoms with Gasteiger partial charge in [0, 0.05) is 11.3 Å². The van der Waals surface area contributed by atoms with E-state index in [4.69, 9.17) is 10.8 Å². The summed E-state index contributed by atoms with van der Waals surface area (Å²) >= 11 is 0. The summed E-state index contributed by atoms with van der Waals surface area (Å²) in [6.07, 6.45) is 0. The first-order valence-corrected chi connectivity index (χ1v) is 5.08. The lowest BCUT2D eigenvalue weighted by atomic mass is 10.0. The van der Waals surface area contributed by atoms with E-state index in [1.165, 1.54) is 30.3 Å². The highest BCUT2D eigenvalue weighted by molar-refractivity contribution is 5.95. The van der Waals surface area contributed by atoms with E-state index in [1.54, 1.807) is 0 Å². The number of halogens is 2. The summed E-state index contributed by atoms with van der Waals surface area (Å²) in [5.41, 5.74) is 4.90. The Kier molecular flexibility index (Phi) is 2.97. The van der Waals surface area contributed by atoms with Crippen molar-refractivity contribution in [2.45, 2.75) is 0 Å². The molecular weight excluding hydrogens is 240 g/mol. The van der Waals surface area contributed by atoms with Crippen LogP contribution in [0.5, 0.6) is 0 Å². The molecule has 0 heterocycles. The molecule has 0 atom stereocenters. The van der Waals surface area contributed by atoms with Gasteiger partial charge in [-0.3, -0.25) is 0 Å². The first-order chi connectivity index (χ1) is 8.50. The van der Waals surface area contributed by atoms with Crippen molar-refractivity contribution in [2.75, 3.05) is 5.73 Å². The van der Waals surface area contributed by atoms with Crippen molar-refractivity contribution < 1.29 is 18.7 Å². The van der Waals surface area contributed by atoms with Crippen molar-refractivity contribution in [1.82, 2.24) is 0 Å². The van der Waals surface area contributed by atoms with E-state index in [0.717, 1.165) is 6.07 Å². The van der Waals surface area contributed by atoms with Gasteiger partial charge in [0.05, 0.1) is 0 Å². The number of benzene rings is 2. The summed E-state index contributed by atoms with van der Waals surface area (Å²) in [5, 5.41) is 8.88. The number of carboxylic acid groups (broad SMARTS) is 1. The van der Waals surface area contributed by atoms with Crippen LogP contribution in [0.25, 0.3) is 11.1 Å². The Bertz CT molecular complexity index is 626. The van der Waals surface area contributed by atoms with Crippen molar-refractivity contribution >= 4 is 11.7 Å². The number of rotatable bonds is 2. The fraction of sp³-hybridized carbons (Fsp3) is 0. The molecule has 0 spiro atoms. The van der Waals surface area contributed by atoms with E-state index in [1.807, 2.05) is 0 Å². The fourth-order valence-corrected chi connectivity index (χ4v) is 1.69. The first kappa shape index (κ1) is 12.0. The molecule has 18 heavy (non-hydrogen) atoms. The van der Waals surface area contributed by atoms with Gasteiger partial charge in [0.2, 0.25) is 0 Å². The van der Waals surface area contributed by atoms with Crippen LogP contribution in [0.1, 0.15) is 10.4 Å². The Morgan fingerprint density at radius 1 is 1.17 bits per heavy atom. The molecule has 2 aromatic rings. The SMILES string of the molecule is Nc1ccc(-c2cccc(F)c2)c(F)c1C(=O)O. The normalized spacial score (nSPS) is 10.3. The molecule has 0 saturated heterocycles. The van der Waals surface area contributed by atoms with Gasteiger partial charge in [0.15, 0.2) is 0 Å². The molecule has 3 nitrogen and oxygen atoms in total. The first-order valence-electron chi connectivity index (χ1n) is 5.08.